The number of nitrogens with one attached hydrogen (secondary N) is 1. The molecule has 4 saturated carbocycles. The molecular weight excluding hydrogens is 402 g/mol. The first-order valence-electron chi connectivity index (χ1n) is 12.4. The van der Waals surface area contributed by atoms with E-state index in [4.69, 9.17) is 10.5 Å². The lowest BCUT2D eigenvalue weighted by atomic mass is 9.47. The molecule has 1 aromatic rings. The summed E-state index contributed by atoms with van der Waals surface area (Å²) in [6.07, 6.45) is 4.42. The third-order valence-electron chi connectivity index (χ3n) is 8.60. The molecule has 1 aromatic carbocycles. The number of carbonyl (C=O) groups excluding carboxylic acids is 2. The predicted octanol–water partition coefficient (Wildman–Crippen LogP) is 2.81. The highest BCUT2D eigenvalue weighted by molar-refractivity contribution is 5.83. The largest absolute Gasteiger partial charge is 0.369 e. The Hall–Kier alpha value is -1.92. The van der Waals surface area contributed by atoms with Crippen molar-refractivity contribution in [3.05, 3.63) is 35.4 Å². The Morgan fingerprint density at radius 3 is 2.47 bits per heavy atom. The fourth-order valence-corrected chi connectivity index (χ4v) is 7.09. The molecule has 4 bridgehead atoms. The molecule has 0 aromatic heterocycles. The van der Waals surface area contributed by atoms with E-state index in [1.807, 2.05) is 0 Å². The van der Waals surface area contributed by atoms with E-state index in [-0.39, 0.29) is 23.3 Å². The van der Waals surface area contributed by atoms with Gasteiger partial charge in [-0.25, -0.2) is 0 Å². The highest BCUT2D eigenvalue weighted by atomic mass is 16.5. The summed E-state index contributed by atoms with van der Waals surface area (Å²) < 4.78 is 5.88. The zero-order valence-corrected chi connectivity index (χ0v) is 19.4. The molecule has 3 N–H and O–H groups in total. The fourth-order valence-electron chi connectivity index (χ4n) is 7.09. The number of carbonyl (C=O) groups is 2. The standard InChI is InChI=1S/C26H37N3O3/c1-16(2)19-5-3-17(4-6-19)14-29-7-8-32-22(15-29)24(30)28-23-20-9-18-10-21(23)13-26(11-18,12-20)25(27)31/h3-6,16,18,20-23H,7-15H2,1-2H3,(H2,27,31)(H,28,30)/t18?,20?,21?,22-,23?,26?/m1/s1. The SMILES string of the molecule is CC(C)c1ccc(CN2CCO[C@@H](C(=O)NC3C4CC5CC3CC(C(N)=O)(C5)C4)C2)cc1. The summed E-state index contributed by atoms with van der Waals surface area (Å²) in [5.41, 5.74) is 8.11. The Morgan fingerprint density at radius 1 is 1.16 bits per heavy atom. The molecule has 2 unspecified atom stereocenters. The number of benzene rings is 1. The van der Waals surface area contributed by atoms with Crippen LogP contribution in [-0.4, -0.2) is 48.6 Å². The van der Waals surface area contributed by atoms with Gasteiger partial charge in [-0.3, -0.25) is 14.5 Å². The molecule has 6 nitrogen and oxygen atoms in total. The third-order valence-corrected chi connectivity index (χ3v) is 8.60. The minimum atomic E-state index is -0.430. The van der Waals surface area contributed by atoms with Gasteiger partial charge in [-0.1, -0.05) is 38.1 Å². The van der Waals surface area contributed by atoms with Crippen molar-refractivity contribution >= 4 is 11.8 Å². The van der Waals surface area contributed by atoms with Gasteiger partial charge in [-0.2, -0.15) is 0 Å². The zero-order valence-electron chi connectivity index (χ0n) is 19.4. The second kappa shape index (κ2) is 8.45. The van der Waals surface area contributed by atoms with Crippen LogP contribution in [0.2, 0.25) is 0 Å². The zero-order chi connectivity index (χ0) is 22.5. The summed E-state index contributed by atoms with van der Waals surface area (Å²) in [4.78, 5) is 27.7. The van der Waals surface area contributed by atoms with Gasteiger partial charge in [0.1, 0.15) is 6.10 Å². The van der Waals surface area contributed by atoms with Crippen molar-refractivity contribution in [3.63, 3.8) is 0 Å². The smallest absolute Gasteiger partial charge is 0.250 e. The fraction of sp³-hybridized carbons (Fsp3) is 0.692. The van der Waals surface area contributed by atoms with Crippen molar-refractivity contribution in [2.24, 2.45) is 28.9 Å². The van der Waals surface area contributed by atoms with Crippen molar-refractivity contribution < 1.29 is 14.3 Å². The Bertz CT molecular complexity index is 852. The van der Waals surface area contributed by atoms with Gasteiger partial charge in [-0.15, -0.1) is 0 Å². The maximum Gasteiger partial charge on any atom is 0.250 e. The number of hydrogen-bond acceptors (Lipinski definition) is 4. The average molecular weight is 440 g/mol. The van der Waals surface area contributed by atoms with Crippen LogP contribution in [0, 0.1) is 23.2 Å². The maximum absolute atomic E-state index is 13.2. The van der Waals surface area contributed by atoms with E-state index in [0.717, 1.165) is 45.2 Å². The quantitative estimate of drug-likeness (QED) is 0.714. The molecule has 6 rings (SSSR count). The summed E-state index contributed by atoms with van der Waals surface area (Å²) >= 11 is 0. The Morgan fingerprint density at radius 2 is 1.84 bits per heavy atom. The van der Waals surface area contributed by atoms with Crippen LogP contribution in [0.3, 0.4) is 0 Å². The van der Waals surface area contributed by atoms with Gasteiger partial charge in [-0.05, 0) is 66.9 Å². The van der Waals surface area contributed by atoms with Gasteiger partial charge < -0.3 is 15.8 Å². The van der Waals surface area contributed by atoms with Crippen LogP contribution in [-0.2, 0) is 20.9 Å². The molecule has 32 heavy (non-hydrogen) atoms. The number of primary amides is 1. The molecular formula is C26H37N3O3. The molecule has 1 heterocycles. The van der Waals surface area contributed by atoms with Crippen LogP contribution in [0.15, 0.2) is 24.3 Å². The molecule has 6 heteroatoms. The first-order valence-corrected chi connectivity index (χ1v) is 12.4. The summed E-state index contributed by atoms with van der Waals surface area (Å²) in [5, 5.41) is 3.35. The van der Waals surface area contributed by atoms with E-state index in [1.165, 1.54) is 11.1 Å². The number of rotatable bonds is 6. The second-order valence-corrected chi connectivity index (χ2v) is 11.1. The first-order chi connectivity index (χ1) is 15.3. The van der Waals surface area contributed by atoms with Crippen LogP contribution in [0.25, 0.3) is 0 Å². The molecule has 5 aliphatic rings. The van der Waals surface area contributed by atoms with Crippen molar-refractivity contribution in [2.45, 2.75) is 70.6 Å². The molecule has 5 fully saturated rings. The number of nitrogens with two attached hydrogens (primary N) is 1. The van der Waals surface area contributed by atoms with E-state index in [9.17, 15) is 9.59 Å². The average Bonchev–Trinajstić information content (AvgIpc) is 2.76. The molecule has 4 aliphatic carbocycles. The topological polar surface area (TPSA) is 84.7 Å². The lowest BCUT2D eigenvalue weighted by Gasteiger charge is -2.59. The van der Waals surface area contributed by atoms with Gasteiger partial charge in [0.15, 0.2) is 0 Å². The Balaban J connectivity index is 1.19. The van der Waals surface area contributed by atoms with Crippen LogP contribution in [0.4, 0.5) is 0 Å². The monoisotopic (exact) mass is 439 g/mol. The Kier molecular flexibility index (Phi) is 5.79. The van der Waals surface area contributed by atoms with Crippen LogP contribution >= 0.6 is 0 Å². The molecule has 174 valence electrons. The summed E-state index contributed by atoms with van der Waals surface area (Å²) in [5.74, 6) is 1.75. The number of amides is 2. The van der Waals surface area contributed by atoms with Gasteiger partial charge in [0.25, 0.3) is 5.91 Å². The van der Waals surface area contributed by atoms with Gasteiger partial charge in [0.05, 0.1) is 6.61 Å². The minimum Gasteiger partial charge on any atom is -0.369 e. The van der Waals surface area contributed by atoms with Crippen molar-refractivity contribution in [3.8, 4) is 0 Å². The summed E-state index contributed by atoms with van der Waals surface area (Å²) in [6.45, 7) is 7.28. The normalized spacial score (nSPS) is 36.4. The van der Waals surface area contributed by atoms with Crippen molar-refractivity contribution in [1.29, 1.82) is 0 Å². The van der Waals surface area contributed by atoms with E-state index >= 15 is 0 Å². The highest BCUT2D eigenvalue weighted by Crippen LogP contribution is 2.59. The van der Waals surface area contributed by atoms with Gasteiger partial charge in [0.2, 0.25) is 5.91 Å². The minimum absolute atomic E-state index is 0.00968. The van der Waals surface area contributed by atoms with Crippen LogP contribution < -0.4 is 11.1 Å². The lowest BCUT2D eigenvalue weighted by molar-refractivity contribution is -0.151. The summed E-state index contributed by atoms with van der Waals surface area (Å²) in [7, 11) is 0. The molecule has 0 spiro atoms. The van der Waals surface area contributed by atoms with Crippen LogP contribution in [0.1, 0.15) is 63.0 Å². The lowest BCUT2D eigenvalue weighted by Crippen LogP contribution is -2.63. The molecule has 1 saturated heterocycles. The molecule has 2 amide bonds. The third kappa shape index (κ3) is 4.08. The first kappa shape index (κ1) is 21.9. The van der Waals surface area contributed by atoms with Crippen LogP contribution in [0.5, 0.6) is 0 Å². The van der Waals surface area contributed by atoms with Crippen molar-refractivity contribution in [1.82, 2.24) is 10.2 Å². The van der Waals surface area contributed by atoms with E-state index in [2.05, 4.69) is 48.3 Å². The predicted molar refractivity (Wildman–Crippen MR) is 123 cm³/mol. The van der Waals surface area contributed by atoms with Gasteiger partial charge >= 0.3 is 0 Å². The number of nitrogens with zero attached hydrogens (tertiary/aromatic N) is 1. The van der Waals surface area contributed by atoms with Crippen molar-refractivity contribution in [2.75, 3.05) is 19.7 Å². The van der Waals surface area contributed by atoms with Gasteiger partial charge in [0, 0.05) is 31.1 Å². The second-order valence-electron chi connectivity index (χ2n) is 11.1. The number of ether oxygens (including phenoxy) is 1. The van der Waals surface area contributed by atoms with E-state index < -0.39 is 6.10 Å². The molecule has 1 aliphatic heterocycles. The number of morpholine rings is 1. The molecule has 0 radical (unpaired) electrons. The maximum atomic E-state index is 13.2. The number of hydrogen-bond donors (Lipinski definition) is 2. The highest BCUT2D eigenvalue weighted by Gasteiger charge is 2.58. The summed E-state index contributed by atoms with van der Waals surface area (Å²) in [6, 6.07) is 8.96. The van der Waals surface area contributed by atoms with E-state index in [0.29, 0.717) is 36.8 Å². The molecule has 3 atom stereocenters. The Labute approximate surface area is 191 Å². The van der Waals surface area contributed by atoms with E-state index in [1.54, 1.807) is 0 Å².